The predicted molar refractivity (Wildman–Crippen MR) is 48.8 cm³/mol. The molecule has 5 heteroatoms. The van der Waals surface area contributed by atoms with Crippen LogP contribution in [0, 0.1) is 0 Å². The number of carbonyl (C=O) groups is 2. The molecule has 0 N–H and O–H groups in total. The zero-order chi connectivity index (χ0) is 11.0. The van der Waals surface area contributed by atoms with Crippen LogP contribution in [0.2, 0.25) is 0 Å². The van der Waals surface area contributed by atoms with Crippen LogP contribution in [0.3, 0.4) is 0 Å². The van der Waals surface area contributed by atoms with Crippen molar-refractivity contribution in [3.05, 3.63) is 0 Å². The van der Waals surface area contributed by atoms with Gasteiger partial charge in [0.05, 0.1) is 6.61 Å². The second kappa shape index (κ2) is 7.17. The molecule has 1 aliphatic heterocycles. The average molecular weight is 204 g/mol. The second-order valence-electron chi connectivity index (χ2n) is 2.65. The quantitative estimate of drug-likeness (QED) is 0.638. The van der Waals surface area contributed by atoms with Crippen LogP contribution in [-0.4, -0.2) is 31.4 Å². The minimum atomic E-state index is -0.549. The molecule has 5 nitrogen and oxygen atoms in total. The Morgan fingerprint density at radius 3 is 2.36 bits per heavy atom. The van der Waals surface area contributed by atoms with Crippen molar-refractivity contribution in [3.8, 4) is 0 Å². The largest absolute Gasteiger partial charge is 0.508 e. The van der Waals surface area contributed by atoms with Crippen molar-refractivity contribution in [2.24, 2.45) is 0 Å². The Hall–Kier alpha value is -1.26. The molecule has 1 unspecified atom stereocenters. The van der Waals surface area contributed by atoms with Crippen LogP contribution in [0.4, 0.5) is 4.79 Å². The summed E-state index contributed by atoms with van der Waals surface area (Å²) in [4.78, 5) is 20.2. The summed E-state index contributed by atoms with van der Waals surface area (Å²) < 4.78 is 13.5. The minimum Gasteiger partial charge on any atom is -0.466 e. The second-order valence-corrected chi connectivity index (χ2v) is 2.65. The van der Waals surface area contributed by atoms with Gasteiger partial charge in [-0.3, -0.25) is 4.79 Å². The summed E-state index contributed by atoms with van der Waals surface area (Å²) in [5, 5.41) is 0. The minimum absolute atomic E-state index is 0.0486. The van der Waals surface area contributed by atoms with E-state index in [0.29, 0.717) is 19.6 Å². The van der Waals surface area contributed by atoms with Crippen molar-refractivity contribution in [3.63, 3.8) is 0 Å². The lowest BCUT2D eigenvalue weighted by Gasteiger charge is -1.93. The van der Waals surface area contributed by atoms with Gasteiger partial charge in [-0.2, -0.15) is 0 Å². The van der Waals surface area contributed by atoms with Gasteiger partial charge >= 0.3 is 12.1 Å². The highest BCUT2D eigenvalue weighted by atomic mass is 16.8. The van der Waals surface area contributed by atoms with Crippen LogP contribution >= 0.6 is 0 Å². The Balaban J connectivity index is 0.000000241. The van der Waals surface area contributed by atoms with E-state index in [1.165, 1.54) is 0 Å². The first-order valence-electron chi connectivity index (χ1n) is 4.59. The highest BCUT2D eigenvalue weighted by Gasteiger charge is 2.19. The summed E-state index contributed by atoms with van der Waals surface area (Å²) in [6, 6.07) is 0. The van der Waals surface area contributed by atoms with E-state index in [1.54, 1.807) is 20.8 Å². The molecule has 0 radical (unpaired) electrons. The first-order valence-corrected chi connectivity index (χ1v) is 4.59. The third kappa shape index (κ3) is 6.28. The van der Waals surface area contributed by atoms with Gasteiger partial charge in [-0.1, -0.05) is 6.92 Å². The summed E-state index contributed by atoms with van der Waals surface area (Å²) in [7, 11) is 0. The monoisotopic (exact) mass is 204 g/mol. The Morgan fingerprint density at radius 2 is 2.21 bits per heavy atom. The van der Waals surface area contributed by atoms with Gasteiger partial charge in [-0.15, -0.1) is 0 Å². The van der Waals surface area contributed by atoms with Crippen LogP contribution < -0.4 is 0 Å². The third-order valence-electron chi connectivity index (χ3n) is 1.33. The van der Waals surface area contributed by atoms with E-state index in [0.717, 1.165) is 0 Å². The lowest BCUT2D eigenvalue weighted by atomic mass is 10.5. The average Bonchev–Trinajstić information content (AvgIpc) is 2.51. The molecule has 1 saturated heterocycles. The number of rotatable bonds is 2. The molecule has 0 aromatic heterocycles. The summed E-state index contributed by atoms with van der Waals surface area (Å²) >= 11 is 0. The van der Waals surface area contributed by atoms with E-state index in [4.69, 9.17) is 0 Å². The Labute approximate surface area is 83.3 Å². The van der Waals surface area contributed by atoms with E-state index in [9.17, 15) is 9.59 Å². The highest BCUT2D eigenvalue weighted by Crippen LogP contribution is 2.02. The fourth-order valence-corrected chi connectivity index (χ4v) is 0.681. The van der Waals surface area contributed by atoms with Gasteiger partial charge in [-0.05, 0) is 13.8 Å². The Kier molecular flexibility index (Phi) is 6.53. The molecule has 0 aromatic carbocycles. The van der Waals surface area contributed by atoms with E-state index < -0.39 is 6.16 Å². The fourth-order valence-electron chi connectivity index (χ4n) is 0.681. The Bertz CT molecular complexity index is 184. The highest BCUT2D eigenvalue weighted by molar-refractivity contribution is 5.68. The van der Waals surface area contributed by atoms with E-state index >= 15 is 0 Å². The predicted octanol–water partition coefficient (Wildman–Crippen LogP) is 1.50. The van der Waals surface area contributed by atoms with Crippen molar-refractivity contribution >= 4 is 12.1 Å². The van der Waals surface area contributed by atoms with Gasteiger partial charge in [0.1, 0.15) is 12.7 Å². The van der Waals surface area contributed by atoms with Crippen molar-refractivity contribution in [2.75, 3.05) is 13.2 Å². The topological polar surface area (TPSA) is 61.8 Å². The summed E-state index contributed by atoms with van der Waals surface area (Å²) in [6.07, 6.45) is -0.117. The number of hydrogen-bond donors (Lipinski definition) is 0. The van der Waals surface area contributed by atoms with E-state index in [-0.39, 0.29) is 12.1 Å². The van der Waals surface area contributed by atoms with Crippen LogP contribution in [0.25, 0.3) is 0 Å². The van der Waals surface area contributed by atoms with Crippen molar-refractivity contribution in [2.45, 2.75) is 33.3 Å². The molecule has 82 valence electrons. The maximum absolute atomic E-state index is 10.2. The zero-order valence-corrected chi connectivity index (χ0v) is 8.74. The smallest absolute Gasteiger partial charge is 0.466 e. The Morgan fingerprint density at radius 1 is 1.57 bits per heavy atom. The number of cyclic esters (lactones) is 2. The van der Waals surface area contributed by atoms with Gasteiger partial charge in [0, 0.05) is 6.42 Å². The first kappa shape index (κ1) is 12.7. The van der Waals surface area contributed by atoms with E-state index in [1.807, 2.05) is 0 Å². The normalized spacial score (nSPS) is 18.8. The maximum atomic E-state index is 10.2. The number of hydrogen-bond acceptors (Lipinski definition) is 5. The molecule has 0 saturated carbocycles. The molecular formula is C9H16O5. The van der Waals surface area contributed by atoms with Crippen molar-refractivity contribution < 1.29 is 23.8 Å². The molecule has 1 rings (SSSR count). The molecule has 0 aromatic rings. The zero-order valence-electron chi connectivity index (χ0n) is 8.74. The number of ether oxygens (including phenoxy) is 3. The standard InChI is InChI=1S/C5H10O2.C4H6O3/c1-3-5(6)7-4-2;1-3-2-6-4(5)7-3/h3-4H2,1-2H3;3H,2H2,1H3. The summed E-state index contributed by atoms with van der Waals surface area (Å²) in [6.45, 7) is 6.25. The van der Waals surface area contributed by atoms with Gasteiger partial charge in [0.15, 0.2) is 0 Å². The third-order valence-corrected chi connectivity index (χ3v) is 1.33. The maximum Gasteiger partial charge on any atom is 0.508 e. The fraction of sp³-hybridized carbons (Fsp3) is 0.778. The molecule has 1 atom stereocenters. The number of carbonyl (C=O) groups excluding carboxylic acids is 2. The lowest BCUT2D eigenvalue weighted by Crippen LogP contribution is -2.01. The molecular weight excluding hydrogens is 188 g/mol. The van der Waals surface area contributed by atoms with Gasteiger partial charge < -0.3 is 14.2 Å². The molecule has 14 heavy (non-hydrogen) atoms. The molecule has 0 bridgehead atoms. The summed E-state index contributed by atoms with van der Waals surface area (Å²) in [5.74, 6) is -0.123. The van der Waals surface area contributed by atoms with Crippen LogP contribution in [-0.2, 0) is 19.0 Å². The van der Waals surface area contributed by atoms with Gasteiger partial charge in [0.25, 0.3) is 0 Å². The first-order chi connectivity index (χ1) is 6.60. The van der Waals surface area contributed by atoms with Crippen molar-refractivity contribution in [1.82, 2.24) is 0 Å². The molecule has 0 aliphatic carbocycles. The van der Waals surface area contributed by atoms with Crippen molar-refractivity contribution in [1.29, 1.82) is 0 Å². The van der Waals surface area contributed by atoms with Gasteiger partial charge in [-0.25, -0.2) is 4.79 Å². The van der Waals surface area contributed by atoms with Crippen LogP contribution in [0.15, 0.2) is 0 Å². The molecule has 0 amide bonds. The molecule has 1 aliphatic rings. The van der Waals surface area contributed by atoms with Crippen LogP contribution in [0.5, 0.6) is 0 Å². The molecule has 1 heterocycles. The SMILES string of the molecule is CC1COC(=O)O1.CCOC(=O)CC. The van der Waals surface area contributed by atoms with Crippen LogP contribution in [0.1, 0.15) is 27.2 Å². The lowest BCUT2D eigenvalue weighted by molar-refractivity contribution is -0.142. The molecule has 1 fully saturated rings. The van der Waals surface area contributed by atoms with Gasteiger partial charge in [0.2, 0.25) is 0 Å². The van der Waals surface area contributed by atoms with E-state index in [2.05, 4.69) is 14.2 Å². The number of esters is 1. The molecule has 0 spiro atoms. The summed E-state index contributed by atoms with van der Waals surface area (Å²) in [5.41, 5.74) is 0.